The van der Waals surface area contributed by atoms with Crippen molar-refractivity contribution in [3.63, 3.8) is 0 Å². The number of carboxylic acid groups (broad SMARTS) is 1. The molecule has 30 heavy (non-hydrogen) atoms. The predicted molar refractivity (Wildman–Crippen MR) is 107 cm³/mol. The molecule has 1 aliphatic rings. The molecule has 3 rings (SSSR count). The minimum absolute atomic E-state index is 0.0727. The van der Waals surface area contributed by atoms with E-state index in [1.807, 2.05) is 0 Å². The van der Waals surface area contributed by atoms with Crippen LogP contribution in [0.15, 0.2) is 18.2 Å². The third-order valence-corrected chi connectivity index (χ3v) is 4.31. The summed E-state index contributed by atoms with van der Waals surface area (Å²) in [7, 11) is 0. The molecule has 0 atom stereocenters. The summed E-state index contributed by atoms with van der Waals surface area (Å²) in [6.07, 6.45) is 1.93. The molecule has 0 unspecified atom stereocenters. The fourth-order valence-electron chi connectivity index (χ4n) is 2.72. The number of nitrogens with two attached hydrogens (primary N) is 1. The zero-order valence-corrected chi connectivity index (χ0v) is 16.6. The summed E-state index contributed by atoms with van der Waals surface area (Å²) >= 11 is 0. The molecular formula is C19H23N5O6. The van der Waals surface area contributed by atoms with E-state index in [9.17, 15) is 14.4 Å². The molecule has 2 aromatic rings. The fourth-order valence-corrected chi connectivity index (χ4v) is 2.72. The van der Waals surface area contributed by atoms with Crippen LogP contribution >= 0.6 is 0 Å². The SMILES string of the molecule is CCOC(=O)c1c(OCC(=O)O)nn(-c2cc(NC(=O)NC3CC3)ccc2C)c1N. The van der Waals surface area contributed by atoms with Gasteiger partial charge in [0.25, 0.3) is 5.88 Å². The Labute approximate surface area is 172 Å². The second-order valence-electron chi connectivity index (χ2n) is 6.75. The largest absolute Gasteiger partial charge is 0.479 e. The number of amides is 2. The Bertz CT molecular complexity index is 982. The van der Waals surface area contributed by atoms with E-state index in [1.54, 1.807) is 32.0 Å². The number of aryl methyl sites for hydroxylation is 1. The van der Waals surface area contributed by atoms with E-state index < -0.39 is 18.5 Å². The van der Waals surface area contributed by atoms with E-state index in [-0.39, 0.29) is 35.9 Å². The van der Waals surface area contributed by atoms with Gasteiger partial charge in [0.15, 0.2) is 12.2 Å². The molecular weight excluding hydrogens is 394 g/mol. The summed E-state index contributed by atoms with van der Waals surface area (Å²) in [5.74, 6) is -2.34. The van der Waals surface area contributed by atoms with Crippen LogP contribution < -0.4 is 21.1 Å². The van der Waals surface area contributed by atoms with Crippen molar-refractivity contribution in [1.29, 1.82) is 0 Å². The molecule has 1 saturated carbocycles. The lowest BCUT2D eigenvalue weighted by molar-refractivity contribution is -0.139. The number of aliphatic carboxylic acids is 1. The number of anilines is 2. The normalized spacial score (nSPS) is 12.9. The van der Waals surface area contributed by atoms with Gasteiger partial charge in [0.1, 0.15) is 5.82 Å². The highest BCUT2D eigenvalue weighted by molar-refractivity contribution is 5.97. The fraction of sp³-hybridized carbons (Fsp3) is 0.368. The highest BCUT2D eigenvalue weighted by Gasteiger charge is 2.27. The minimum atomic E-state index is -1.23. The Morgan fingerprint density at radius 3 is 2.70 bits per heavy atom. The Morgan fingerprint density at radius 1 is 1.33 bits per heavy atom. The number of rotatable bonds is 8. The van der Waals surface area contributed by atoms with E-state index >= 15 is 0 Å². The first kappa shape index (κ1) is 21.0. The molecule has 2 amide bonds. The molecule has 0 radical (unpaired) electrons. The van der Waals surface area contributed by atoms with Gasteiger partial charge < -0.3 is 30.9 Å². The molecule has 160 valence electrons. The summed E-state index contributed by atoms with van der Waals surface area (Å²) < 4.78 is 11.4. The number of carbonyl (C=O) groups is 3. The van der Waals surface area contributed by atoms with Crippen molar-refractivity contribution in [3.8, 4) is 11.6 Å². The molecule has 0 spiro atoms. The van der Waals surface area contributed by atoms with Gasteiger partial charge in [0.2, 0.25) is 0 Å². The molecule has 1 fully saturated rings. The standard InChI is InChI=1S/C19H23N5O6/c1-3-29-18(27)15-16(20)24(23-17(15)30-9-14(25)26)13-8-12(5-4-10(13)2)22-19(28)21-11-6-7-11/h4-5,8,11H,3,6-7,9,20H2,1-2H3,(H,25,26)(H2,21,22,28). The Kier molecular flexibility index (Phi) is 6.09. The molecule has 0 bridgehead atoms. The zero-order valence-electron chi connectivity index (χ0n) is 16.6. The number of esters is 1. The first-order valence-corrected chi connectivity index (χ1v) is 9.38. The molecule has 5 N–H and O–H groups in total. The molecule has 11 heteroatoms. The van der Waals surface area contributed by atoms with Crippen LogP contribution in [0, 0.1) is 6.92 Å². The number of nitrogens with zero attached hydrogens (tertiary/aromatic N) is 2. The van der Waals surface area contributed by atoms with Crippen LogP contribution in [-0.4, -0.2) is 52.1 Å². The summed E-state index contributed by atoms with van der Waals surface area (Å²) in [5.41, 5.74) is 7.70. The van der Waals surface area contributed by atoms with Crippen molar-refractivity contribution in [2.45, 2.75) is 32.7 Å². The predicted octanol–water partition coefficient (Wildman–Crippen LogP) is 1.69. The number of ether oxygens (including phenoxy) is 2. The molecule has 0 saturated heterocycles. The van der Waals surface area contributed by atoms with Gasteiger partial charge >= 0.3 is 18.0 Å². The number of carbonyl (C=O) groups excluding carboxylic acids is 2. The van der Waals surface area contributed by atoms with Gasteiger partial charge in [-0.15, -0.1) is 5.10 Å². The number of benzene rings is 1. The van der Waals surface area contributed by atoms with E-state index in [1.165, 1.54) is 4.68 Å². The number of hydrogen-bond donors (Lipinski definition) is 4. The quantitative estimate of drug-likeness (QED) is 0.472. The van der Waals surface area contributed by atoms with E-state index in [4.69, 9.17) is 20.3 Å². The van der Waals surface area contributed by atoms with Crippen molar-refractivity contribution in [2.75, 3.05) is 24.3 Å². The molecule has 1 aromatic carbocycles. The van der Waals surface area contributed by atoms with Gasteiger partial charge in [0, 0.05) is 11.7 Å². The lowest BCUT2D eigenvalue weighted by atomic mass is 10.1. The van der Waals surface area contributed by atoms with Crippen LogP contribution in [-0.2, 0) is 9.53 Å². The lowest BCUT2D eigenvalue weighted by Gasteiger charge is -2.12. The van der Waals surface area contributed by atoms with Crippen LogP contribution in [0.25, 0.3) is 5.69 Å². The number of carboxylic acids is 1. The molecule has 1 aliphatic carbocycles. The van der Waals surface area contributed by atoms with Crippen molar-refractivity contribution >= 4 is 29.5 Å². The van der Waals surface area contributed by atoms with Crippen LogP contribution in [0.2, 0.25) is 0 Å². The zero-order chi connectivity index (χ0) is 21.8. The van der Waals surface area contributed by atoms with Crippen LogP contribution in [0.4, 0.5) is 16.3 Å². The Balaban J connectivity index is 1.95. The van der Waals surface area contributed by atoms with Gasteiger partial charge in [-0.1, -0.05) is 6.07 Å². The van der Waals surface area contributed by atoms with Gasteiger partial charge in [0.05, 0.1) is 12.3 Å². The van der Waals surface area contributed by atoms with E-state index in [0.717, 1.165) is 18.4 Å². The second kappa shape index (κ2) is 8.72. The molecule has 1 aromatic heterocycles. The summed E-state index contributed by atoms with van der Waals surface area (Å²) in [6.45, 7) is 2.82. The number of urea groups is 1. The molecule has 1 heterocycles. The number of nitrogen functional groups attached to an aromatic ring is 1. The smallest absolute Gasteiger partial charge is 0.347 e. The Hall–Kier alpha value is -3.76. The van der Waals surface area contributed by atoms with E-state index in [0.29, 0.717) is 11.4 Å². The van der Waals surface area contributed by atoms with Crippen molar-refractivity contribution in [3.05, 3.63) is 29.3 Å². The van der Waals surface area contributed by atoms with Gasteiger partial charge in [-0.25, -0.2) is 19.1 Å². The first-order chi connectivity index (χ1) is 14.3. The molecule has 11 nitrogen and oxygen atoms in total. The van der Waals surface area contributed by atoms with Crippen molar-refractivity contribution in [1.82, 2.24) is 15.1 Å². The average molecular weight is 417 g/mol. The van der Waals surface area contributed by atoms with E-state index in [2.05, 4.69) is 15.7 Å². The van der Waals surface area contributed by atoms with Gasteiger partial charge in [-0.3, -0.25) is 0 Å². The maximum Gasteiger partial charge on any atom is 0.347 e. The topological polar surface area (TPSA) is 158 Å². The van der Waals surface area contributed by atoms with Crippen LogP contribution in [0.5, 0.6) is 5.88 Å². The molecule has 0 aliphatic heterocycles. The second-order valence-corrected chi connectivity index (χ2v) is 6.75. The van der Waals surface area contributed by atoms with Gasteiger partial charge in [-0.05, 0) is 44.4 Å². The first-order valence-electron chi connectivity index (χ1n) is 9.38. The third-order valence-electron chi connectivity index (χ3n) is 4.31. The highest BCUT2D eigenvalue weighted by Crippen LogP contribution is 2.30. The Morgan fingerprint density at radius 2 is 2.07 bits per heavy atom. The van der Waals surface area contributed by atoms with Crippen LogP contribution in [0.1, 0.15) is 35.7 Å². The number of nitrogens with one attached hydrogen (secondary N) is 2. The maximum absolute atomic E-state index is 12.3. The lowest BCUT2D eigenvalue weighted by Crippen LogP contribution is -2.30. The highest BCUT2D eigenvalue weighted by atomic mass is 16.5. The monoisotopic (exact) mass is 417 g/mol. The summed E-state index contributed by atoms with van der Waals surface area (Å²) in [4.78, 5) is 35.2. The summed E-state index contributed by atoms with van der Waals surface area (Å²) in [6, 6.07) is 5.00. The number of aromatic nitrogens is 2. The van der Waals surface area contributed by atoms with Crippen molar-refractivity contribution in [2.24, 2.45) is 0 Å². The summed E-state index contributed by atoms with van der Waals surface area (Å²) in [5, 5.41) is 18.6. The van der Waals surface area contributed by atoms with Gasteiger partial charge in [-0.2, -0.15) is 0 Å². The van der Waals surface area contributed by atoms with Crippen molar-refractivity contribution < 1.29 is 29.0 Å². The third kappa shape index (κ3) is 4.80. The minimum Gasteiger partial charge on any atom is -0.479 e. The number of hydrogen-bond acceptors (Lipinski definition) is 7. The van der Waals surface area contributed by atoms with Crippen LogP contribution in [0.3, 0.4) is 0 Å². The maximum atomic E-state index is 12.3. The average Bonchev–Trinajstić information content (AvgIpc) is 3.42.